The highest BCUT2D eigenvalue weighted by atomic mass is 19.4. The average molecular weight is 467 g/mol. The predicted octanol–water partition coefficient (Wildman–Crippen LogP) is 3.00. The number of anilines is 1. The van der Waals surface area contributed by atoms with Gasteiger partial charge in [0, 0.05) is 26.1 Å². The molecule has 0 spiro atoms. The number of hydrogen-bond acceptors (Lipinski definition) is 6. The summed E-state index contributed by atoms with van der Waals surface area (Å²) in [6.45, 7) is 4.37. The molecule has 33 heavy (non-hydrogen) atoms. The summed E-state index contributed by atoms with van der Waals surface area (Å²) in [5.74, 6) is 0.176. The van der Waals surface area contributed by atoms with E-state index in [0.29, 0.717) is 31.1 Å². The highest BCUT2D eigenvalue weighted by Crippen LogP contribution is 2.44. The molecule has 2 atom stereocenters. The van der Waals surface area contributed by atoms with Gasteiger partial charge in [-0.15, -0.1) is 0 Å². The molecule has 0 saturated carbocycles. The number of fused-ring (bicyclic) bond motifs is 1. The molecule has 3 heterocycles. The van der Waals surface area contributed by atoms with Crippen molar-refractivity contribution in [2.75, 3.05) is 51.8 Å². The standard InChI is InChI=1S/C22H28F3N5O3/c1-32-16-5-2-4-15(12-16)18-13-19(22(23,24)25)30-20(28-18)17(14-27-30)21(31)26-6-3-7-29-8-10-33-11-9-29/h2,4-5,12,14,18-19,28H,3,6-11,13H2,1H3,(H,26,31)/t18-,19-/m1/s1. The first kappa shape index (κ1) is 23.4. The SMILES string of the molecule is COc1cccc([C@H]2C[C@H](C(F)(F)F)n3ncc(C(=O)NCCCN4CCOCC4)c3N2)c1. The van der Waals surface area contributed by atoms with Crippen LogP contribution in [0.1, 0.15) is 40.8 Å². The molecule has 8 nitrogen and oxygen atoms in total. The minimum atomic E-state index is -4.51. The summed E-state index contributed by atoms with van der Waals surface area (Å²) >= 11 is 0. The van der Waals surface area contributed by atoms with Crippen molar-refractivity contribution in [2.24, 2.45) is 0 Å². The van der Waals surface area contributed by atoms with Crippen LogP contribution in [0.4, 0.5) is 19.0 Å². The van der Waals surface area contributed by atoms with E-state index in [1.807, 2.05) is 0 Å². The van der Waals surface area contributed by atoms with E-state index < -0.39 is 24.2 Å². The summed E-state index contributed by atoms with van der Waals surface area (Å²) in [4.78, 5) is 15.0. The van der Waals surface area contributed by atoms with Crippen molar-refractivity contribution in [3.63, 3.8) is 0 Å². The number of morpholine rings is 1. The molecule has 1 amide bonds. The van der Waals surface area contributed by atoms with Crippen molar-refractivity contribution >= 4 is 11.7 Å². The maximum absolute atomic E-state index is 13.9. The van der Waals surface area contributed by atoms with E-state index in [1.54, 1.807) is 24.3 Å². The predicted molar refractivity (Wildman–Crippen MR) is 116 cm³/mol. The first-order valence-corrected chi connectivity index (χ1v) is 11.0. The van der Waals surface area contributed by atoms with E-state index in [9.17, 15) is 18.0 Å². The molecule has 2 aliphatic heterocycles. The molecule has 0 radical (unpaired) electrons. The van der Waals surface area contributed by atoms with Gasteiger partial charge in [-0.1, -0.05) is 12.1 Å². The zero-order valence-electron chi connectivity index (χ0n) is 18.4. The van der Waals surface area contributed by atoms with Gasteiger partial charge in [0.2, 0.25) is 0 Å². The summed E-state index contributed by atoms with van der Waals surface area (Å²) < 4.78 is 53.0. The molecular weight excluding hydrogens is 439 g/mol. The molecular formula is C22H28F3N5O3. The normalized spacial score (nSPS) is 21.2. The molecule has 1 fully saturated rings. The van der Waals surface area contributed by atoms with E-state index >= 15 is 0 Å². The van der Waals surface area contributed by atoms with Gasteiger partial charge >= 0.3 is 6.18 Å². The number of halogens is 3. The van der Waals surface area contributed by atoms with Crippen LogP contribution in [0.3, 0.4) is 0 Å². The van der Waals surface area contributed by atoms with Crippen LogP contribution < -0.4 is 15.4 Å². The Labute approximate surface area is 190 Å². The van der Waals surface area contributed by atoms with Gasteiger partial charge in [-0.3, -0.25) is 9.69 Å². The minimum absolute atomic E-state index is 0.0714. The lowest BCUT2D eigenvalue weighted by Gasteiger charge is -2.34. The van der Waals surface area contributed by atoms with Crippen molar-refractivity contribution in [3.8, 4) is 5.75 Å². The fraction of sp³-hybridized carbons (Fsp3) is 0.545. The van der Waals surface area contributed by atoms with E-state index in [-0.39, 0.29) is 17.8 Å². The number of nitrogens with one attached hydrogen (secondary N) is 2. The number of ether oxygens (including phenoxy) is 2. The van der Waals surface area contributed by atoms with Crippen LogP contribution in [0.15, 0.2) is 30.5 Å². The number of hydrogen-bond donors (Lipinski definition) is 2. The van der Waals surface area contributed by atoms with Gasteiger partial charge in [0.1, 0.15) is 17.1 Å². The summed E-state index contributed by atoms with van der Waals surface area (Å²) in [6, 6.07) is 4.41. The Hall–Kier alpha value is -2.79. The van der Waals surface area contributed by atoms with E-state index in [4.69, 9.17) is 9.47 Å². The van der Waals surface area contributed by atoms with Crippen molar-refractivity contribution in [3.05, 3.63) is 41.6 Å². The van der Waals surface area contributed by atoms with Crippen molar-refractivity contribution in [2.45, 2.75) is 31.1 Å². The maximum atomic E-state index is 13.9. The number of aromatic nitrogens is 2. The van der Waals surface area contributed by atoms with Crippen LogP contribution in [0, 0.1) is 0 Å². The molecule has 1 saturated heterocycles. The van der Waals surface area contributed by atoms with Crippen LogP contribution in [-0.4, -0.2) is 73.3 Å². The second kappa shape index (κ2) is 10.0. The molecule has 1 aromatic carbocycles. The lowest BCUT2D eigenvalue weighted by Crippen LogP contribution is -2.38. The number of rotatable bonds is 7. The number of amides is 1. The van der Waals surface area contributed by atoms with Gasteiger partial charge in [-0.05, 0) is 30.7 Å². The molecule has 2 N–H and O–H groups in total. The third-order valence-corrected chi connectivity index (χ3v) is 6.02. The molecule has 4 rings (SSSR count). The Morgan fingerprint density at radius 3 is 2.85 bits per heavy atom. The monoisotopic (exact) mass is 467 g/mol. The molecule has 0 bridgehead atoms. The summed E-state index contributed by atoms with van der Waals surface area (Å²) in [6.07, 6.45) is -2.82. The smallest absolute Gasteiger partial charge is 0.410 e. The van der Waals surface area contributed by atoms with Crippen LogP contribution in [0.2, 0.25) is 0 Å². The first-order chi connectivity index (χ1) is 15.9. The Morgan fingerprint density at radius 1 is 1.33 bits per heavy atom. The number of alkyl halides is 3. The Balaban J connectivity index is 1.48. The van der Waals surface area contributed by atoms with E-state index in [0.717, 1.165) is 30.7 Å². The fourth-order valence-electron chi connectivity index (χ4n) is 4.23. The first-order valence-electron chi connectivity index (χ1n) is 11.0. The quantitative estimate of drug-likeness (QED) is 0.610. The zero-order valence-corrected chi connectivity index (χ0v) is 18.4. The number of benzene rings is 1. The van der Waals surface area contributed by atoms with Crippen molar-refractivity contribution in [1.82, 2.24) is 20.0 Å². The Morgan fingerprint density at radius 2 is 2.12 bits per heavy atom. The highest BCUT2D eigenvalue weighted by molar-refractivity contribution is 5.98. The van der Waals surface area contributed by atoms with Gasteiger partial charge in [-0.2, -0.15) is 18.3 Å². The van der Waals surface area contributed by atoms with E-state index in [1.165, 1.54) is 13.3 Å². The van der Waals surface area contributed by atoms with E-state index in [2.05, 4.69) is 20.6 Å². The van der Waals surface area contributed by atoms with Crippen molar-refractivity contribution in [1.29, 1.82) is 0 Å². The van der Waals surface area contributed by atoms with Gasteiger partial charge in [-0.25, -0.2) is 4.68 Å². The molecule has 2 aromatic rings. The summed E-state index contributed by atoms with van der Waals surface area (Å²) in [5, 5.41) is 9.83. The lowest BCUT2D eigenvalue weighted by atomic mass is 9.96. The van der Waals surface area contributed by atoms with Gasteiger partial charge in [0.05, 0.1) is 32.6 Å². The largest absolute Gasteiger partial charge is 0.497 e. The topological polar surface area (TPSA) is 80.7 Å². The second-order valence-corrected chi connectivity index (χ2v) is 8.18. The molecule has 11 heteroatoms. The minimum Gasteiger partial charge on any atom is -0.497 e. The van der Waals surface area contributed by atoms with Crippen molar-refractivity contribution < 1.29 is 27.4 Å². The Bertz CT molecular complexity index is 959. The number of carbonyl (C=O) groups is 1. The molecule has 0 unspecified atom stereocenters. The Kier molecular flexibility index (Phi) is 7.08. The maximum Gasteiger partial charge on any atom is 0.410 e. The van der Waals surface area contributed by atoms with Crippen LogP contribution >= 0.6 is 0 Å². The molecule has 2 aliphatic rings. The fourth-order valence-corrected chi connectivity index (χ4v) is 4.23. The van der Waals surface area contributed by atoms with Crippen LogP contribution in [0.5, 0.6) is 5.75 Å². The van der Waals surface area contributed by atoms with Crippen LogP contribution in [-0.2, 0) is 4.74 Å². The average Bonchev–Trinajstić information content (AvgIpc) is 3.25. The third-order valence-electron chi connectivity index (χ3n) is 6.02. The van der Waals surface area contributed by atoms with Gasteiger partial charge < -0.3 is 20.1 Å². The number of methoxy groups -OCH3 is 1. The van der Waals surface area contributed by atoms with Crippen LogP contribution in [0.25, 0.3) is 0 Å². The molecule has 0 aliphatic carbocycles. The highest BCUT2D eigenvalue weighted by Gasteiger charge is 2.47. The zero-order chi connectivity index (χ0) is 23.4. The summed E-state index contributed by atoms with van der Waals surface area (Å²) in [7, 11) is 1.50. The second-order valence-electron chi connectivity index (χ2n) is 8.18. The third kappa shape index (κ3) is 5.41. The number of carbonyl (C=O) groups excluding carboxylic acids is 1. The van der Waals surface area contributed by atoms with Gasteiger partial charge in [0.15, 0.2) is 6.04 Å². The summed E-state index contributed by atoms with van der Waals surface area (Å²) in [5.41, 5.74) is 0.746. The molecule has 1 aromatic heterocycles. The van der Waals surface area contributed by atoms with Gasteiger partial charge in [0.25, 0.3) is 5.91 Å². The lowest BCUT2D eigenvalue weighted by molar-refractivity contribution is -0.173. The molecule has 180 valence electrons. The number of nitrogens with zero attached hydrogens (tertiary/aromatic N) is 3.